The summed E-state index contributed by atoms with van der Waals surface area (Å²) in [6.45, 7) is -0.481. The Hall–Kier alpha value is -2.50. The van der Waals surface area contributed by atoms with Crippen molar-refractivity contribution in [2.75, 3.05) is 0 Å². The maximum absolute atomic E-state index is 13.5. The lowest BCUT2D eigenvalue weighted by molar-refractivity contribution is 0.0696. The molecule has 20 heavy (non-hydrogen) atoms. The third kappa shape index (κ3) is 2.90. The number of para-hydroxylation sites is 1. The highest BCUT2D eigenvalue weighted by molar-refractivity contribution is 5.87. The van der Waals surface area contributed by atoms with Crippen LogP contribution in [0.15, 0.2) is 36.4 Å². The summed E-state index contributed by atoms with van der Waals surface area (Å²) in [5.74, 6) is -4.41. The van der Waals surface area contributed by atoms with Gasteiger partial charge in [0.2, 0.25) is 0 Å². The molecule has 0 unspecified atom stereocenters. The largest absolute Gasteiger partial charge is 0.483 e. The maximum atomic E-state index is 13.5. The molecule has 0 saturated heterocycles. The van der Waals surface area contributed by atoms with Crippen molar-refractivity contribution in [1.29, 1.82) is 0 Å². The number of carboxylic acid groups (broad SMARTS) is 1. The lowest BCUT2D eigenvalue weighted by Crippen LogP contribution is -2.04. The minimum atomic E-state index is -1.23. The summed E-state index contributed by atoms with van der Waals surface area (Å²) >= 11 is 0. The zero-order valence-corrected chi connectivity index (χ0v) is 10.1. The lowest BCUT2D eigenvalue weighted by atomic mass is 10.1. The van der Waals surface area contributed by atoms with E-state index in [0.717, 1.165) is 30.3 Å². The third-order valence-electron chi connectivity index (χ3n) is 2.58. The van der Waals surface area contributed by atoms with Gasteiger partial charge in [-0.2, -0.15) is 0 Å². The fourth-order valence-electron chi connectivity index (χ4n) is 1.59. The molecule has 0 fully saturated rings. The molecule has 0 spiro atoms. The van der Waals surface area contributed by atoms with Gasteiger partial charge in [0.15, 0.2) is 17.4 Å². The predicted molar refractivity (Wildman–Crippen MR) is 64.0 cm³/mol. The van der Waals surface area contributed by atoms with Crippen LogP contribution in [0.2, 0.25) is 0 Å². The molecule has 0 heterocycles. The number of ether oxygens (including phenoxy) is 1. The van der Waals surface area contributed by atoms with Crippen LogP contribution < -0.4 is 4.74 Å². The highest BCUT2D eigenvalue weighted by atomic mass is 19.1. The Morgan fingerprint density at radius 3 is 2.30 bits per heavy atom. The first-order valence-electron chi connectivity index (χ1n) is 5.57. The normalized spacial score (nSPS) is 10.3. The highest BCUT2D eigenvalue weighted by Crippen LogP contribution is 2.22. The Bertz CT molecular complexity index is 636. The average molecular weight is 282 g/mol. The van der Waals surface area contributed by atoms with Crippen LogP contribution in [0.1, 0.15) is 15.9 Å². The topological polar surface area (TPSA) is 46.5 Å². The van der Waals surface area contributed by atoms with Crippen LogP contribution in [0.25, 0.3) is 0 Å². The molecule has 2 aromatic carbocycles. The van der Waals surface area contributed by atoms with E-state index in [9.17, 15) is 18.0 Å². The van der Waals surface area contributed by atoms with Gasteiger partial charge in [0.1, 0.15) is 12.4 Å². The molecular weight excluding hydrogens is 273 g/mol. The molecule has 3 nitrogen and oxygen atoms in total. The van der Waals surface area contributed by atoms with Gasteiger partial charge >= 0.3 is 5.97 Å². The van der Waals surface area contributed by atoms with Crippen molar-refractivity contribution in [3.8, 4) is 5.75 Å². The fourth-order valence-corrected chi connectivity index (χ4v) is 1.59. The first kappa shape index (κ1) is 13.9. The van der Waals surface area contributed by atoms with Crippen molar-refractivity contribution in [1.82, 2.24) is 0 Å². The van der Waals surface area contributed by atoms with Gasteiger partial charge in [-0.05, 0) is 30.3 Å². The van der Waals surface area contributed by atoms with Crippen molar-refractivity contribution in [2.24, 2.45) is 0 Å². The summed E-state index contributed by atoms with van der Waals surface area (Å²) in [4.78, 5) is 10.8. The van der Waals surface area contributed by atoms with Crippen LogP contribution in [-0.2, 0) is 6.61 Å². The minimum absolute atomic E-state index is 0.104. The van der Waals surface area contributed by atoms with E-state index in [1.54, 1.807) is 0 Å². The van der Waals surface area contributed by atoms with Gasteiger partial charge in [-0.3, -0.25) is 0 Å². The third-order valence-corrected chi connectivity index (χ3v) is 2.58. The summed E-state index contributed by atoms with van der Waals surface area (Å²) in [6, 6.07) is 6.27. The molecular formula is C14H9F3O3. The van der Waals surface area contributed by atoms with Gasteiger partial charge in [0.05, 0.1) is 5.56 Å². The van der Waals surface area contributed by atoms with Crippen LogP contribution in [0.5, 0.6) is 5.75 Å². The molecule has 0 aliphatic carbocycles. The van der Waals surface area contributed by atoms with Crippen LogP contribution in [0, 0.1) is 17.5 Å². The Morgan fingerprint density at radius 1 is 1.05 bits per heavy atom. The van der Waals surface area contributed by atoms with Crippen molar-refractivity contribution in [2.45, 2.75) is 6.61 Å². The first-order chi connectivity index (χ1) is 9.49. The van der Waals surface area contributed by atoms with Gasteiger partial charge in [0, 0.05) is 5.56 Å². The summed E-state index contributed by atoms with van der Waals surface area (Å²) in [5.41, 5.74) is -0.244. The van der Waals surface area contributed by atoms with Crippen LogP contribution in [0.4, 0.5) is 13.2 Å². The number of carbonyl (C=O) groups is 1. The van der Waals surface area contributed by atoms with E-state index in [-0.39, 0.29) is 11.1 Å². The summed E-state index contributed by atoms with van der Waals surface area (Å²) < 4.78 is 45.0. The Labute approximate surface area is 112 Å². The second-order valence-corrected chi connectivity index (χ2v) is 3.95. The van der Waals surface area contributed by atoms with E-state index >= 15 is 0 Å². The molecule has 0 bridgehead atoms. The van der Waals surface area contributed by atoms with E-state index in [1.165, 1.54) is 6.07 Å². The smallest absolute Gasteiger partial charge is 0.335 e. The quantitative estimate of drug-likeness (QED) is 0.935. The molecule has 1 N–H and O–H groups in total. The van der Waals surface area contributed by atoms with Gasteiger partial charge in [0.25, 0.3) is 0 Å². The Kier molecular flexibility index (Phi) is 3.93. The first-order valence-corrected chi connectivity index (χ1v) is 5.57. The molecule has 2 aromatic rings. The van der Waals surface area contributed by atoms with E-state index in [0.29, 0.717) is 0 Å². The Balaban J connectivity index is 2.23. The number of halogens is 3. The van der Waals surface area contributed by atoms with Gasteiger partial charge in [-0.15, -0.1) is 0 Å². The summed E-state index contributed by atoms with van der Waals surface area (Å²) in [5, 5.41) is 8.79. The zero-order chi connectivity index (χ0) is 14.7. The zero-order valence-electron chi connectivity index (χ0n) is 10.1. The number of rotatable bonds is 4. The van der Waals surface area contributed by atoms with Gasteiger partial charge < -0.3 is 9.84 Å². The summed E-state index contributed by atoms with van der Waals surface area (Å²) in [6.07, 6.45) is 0. The number of hydrogen-bond acceptors (Lipinski definition) is 2. The second-order valence-electron chi connectivity index (χ2n) is 3.95. The lowest BCUT2D eigenvalue weighted by Gasteiger charge is -2.09. The molecule has 0 atom stereocenters. The molecule has 2 rings (SSSR count). The predicted octanol–water partition coefficient (Wildman–Crippen LogP) is 3.38. The molecule has 104 valence electrons. The maximum Gasteiger partial charge on any atom is 0.335 e. The van der Waals surface area contributed by atoms with Crippen molar-refractivity contribution >= 4 is 5.97 Å². The molecule has 0 aromatic heterocycles. The van der Waals surface area contributed by atoms with Gasteiger partial charge in [-0.25, -0.2) is 18.0 Å². The standard InChI is InChI=1S/C14H9F3O3/c15-10-5-4-8(14(18)19)6-9(10)7-20-13-11(16)2-1-3-12(13)17/h1-6H,7H2,(H,18,19). The molecule has 0 amide bonds. The molecule has 0 saturated carbocycles. The van der Waals surface area contributed by atoms with Crippen LogP contribution in [0.3, 0.4) is 0 Å². The molecule has 6 heteroatoms. The van der Waals surface area contributed by atoms with E-state index in [4.69, 9.17) is 9.84 Å². The van der Waals surface area contributed by atoms with Crippen LogP contribution in [-0.4, -0.2) is 11.1 Å². The SMILES string of the molecule is O=C(O)c1ccc(F)c(COc2c(F)cccc2F)c1. The fraction of sp³-hybridized carbons (Fsp3) is 0.0714. The monoisotopic (exact) mass is 282 g/mol. The number of hydrogen-bond donors (Lipinski definition) is 1. The van der Waals surface area contributed by atoms with E-state index < -0.39 is 35.8 Å². The highest BCUT2D eigenvalue weighted by Gasteiger charge is 2.13. The summed E-state index contributed by atoms with van der Waals surface area (Å²) in [7, 11) is 0. The minimum Gasteiger partial charge on any atom is -0.483 e. The van der Waals surface area contributed by atoms with E-state index in [1.807, 2.05) is 0 Å². The average Bonchev–Trinajstić information content (AvgIpc) is 2.39. The number of aromatic carboxylic acids is 1. The molecule has 0 aliphatic heterocycles. The van der Waals surface area contributed by atoms with Gasteiger partial charge in [-0.1, -0.05) is 6.07 Å². The van der Waals surface area contributed by atoms with Crippen molar-refractivity contribution < 1.29 is 27.8 Å². The molecule has 0 aliphatic rings. The molecule has 0 radical (unpaired) electrons. The van der Waals surface area contributed by atoms with Crippen molar-refractivity contribution in [3.63, 3.8) is 0 Å². The number of benzene rings is 2. The van der Waals surface area contributed by atoms with Crippen molar-refractivity contribution in [3.05, 3.63) is 65.0 Å². The Morgan fingerprint density at radius 2 is 1.70 bits per heavy atom. The second kappa shape index (κ2) is 5.64. The van der Waals surface area contributed by atoms with E-state index in [2.05, 4.69) is 0 Å². The van der Waals surface area contributed by atoms with Crippen LogP contribution >= 0.6 is 0 Å². The number of carboxylic acids is 1.